The first-order chi connectivity index (χ1) is 18.7. The van der Waals surface area contributed by atoms with Crippen molar-refractivity contribution in [1.29, 1.82) is 0 Å². The fourth-order valence-electron chi connectivity index (χ4n) is 5.51. The van der Waals surface area contributed by atoms with E-state index in [0.717, 1.165) is 0 Å². The highest BCUT2D eigenvalue weighted by molar-refractivity contribution is 7.11. The van der Waals surface area contributed by atoms with Gasteiger partial charge in [-0.3, -0.25) is 14.6 Å². The maximum Gasteiger partial charge on any atom is 0.265 e. The summed E-state index contributed by atoms with van der Waals surface area (Å²) in [5, 5.41) is 0. The summed E-state index contributed by atoms with van der Waals surface area (Å²) in [6, 6.07) is 5.33. The number of oxazole rings is 1. The van der Waals surface area contributed by atoms with E-state index in [-0.39, 0.29) is 24.9 Å². The molecule has 2 atom stereocenters. The van der Waals surface area contributed by atoms with Crippen molar-refractivity contribution < 1.29 is 27.5 Å². The van der Waals surface area contributed by atoms with Gasteiger partial charge in [-0.1, -0.05) is 18.7 Å². The molecule has 11 heteroatoms. The van der Waals surface area contributed by atoms with Gasteiger partial charge < -0.3 is 19.0 Å². The van der Waals surface area contributed by atoms with Crippen LogP contribution in [0.3, 0.4) is 0 Å². The van der Waals surface area contributed by atoms with Crippen LogP contribution in [-0.2, 0) is 4.79 Å². The molecule has 2 saturated heterocycles. The van der Waals surface area contributed by atoms with Gasteiger partial charge in [0.05, 0.1) is 17.6 Å². The second kappa shape index (κ2) is 9.41. The molecule has 2 aliphatic heterocycles. The molecule has 1 saturated carbocycles. The van der Waals surface area contributed by atoms with Crippen LogP contribution in [-0.4, -0.2) is 63.7 Å². The molecule has 1 aliphatic carbocycles. The number of carbonyl (C=O) groups is 2. The normalized spacial score (nSPS) is 23.4. The van der Waals surface area contributed by atoms with Crippen LogP contribution < -0.4 is 4.74 Å². The number of rotatable bonds is 7. The Morgan fingerprint density at radius 1 is 1.26 bits per heavy atom. The molecule has 6 rings (SSSR count). The third-order valence-electron chi connectivity index (χ3n) is 7.55. The lowest BCUT2D eigenvalue weighted by atomic mass is 9.71. The third-order valence-corrected chi connectivity index (χ3v) is 8.31. The summed E-state index contributed by atoms with van der Waals surface area (Å²) in [7, 11) is 0. The lowest BCUT2D eigenvalue weighted by Gasteiger charge is -2.50. The molecule has 4 heterocycles. The van der Waals surface area contributed by atoms with Gasteiger partial charge in [-0.05, 0) is 31.2 Å². The predicted octanol–water partition coefficient (Wildman–Crippen LogP) is 5.03. The number of nitrogens with zero attached hydrogens (tertiary/aromatic N) is 4. The molecular weight excluding hydrogens is 526 g/mol. The number of thiazole rings is 1. The van der Waals surface area contributed by atoms with Crippen LogP contribution >= 0.6 is 11.3 Å². The Morgan fingerprint density at radius 3 is 2.69 bits per heavy atom. The fourth-order valence-corrected chi connectivity index (χ4v) is 6.10. The summed E-state index contributed by atoms with van der Waals surface area (Å²) in [5.74, 6) is -3.53. The Hall–Kier alpha value is -3.86. The Labute approximate surface area is 227 Å². The fraction of sp³-hybridized carbons (Fsp3) is 0.357. The lowest BCUT2D eigenvalue weighted by molar-refractivity contribution is -0.147. The molecule has 2 aromatic heterocycles. The topological polar surface area (TPSA) is 88.8 Å². The van der Waals surface area contributed by atoms with Gasteiger partial charge in [0.15, 0.2) is 5.58 Å². The quantitative estimate of drug-likeness (QED) is 0.302. The van der Waals surface area contributed by atoms with E-state index in [1.54, 1.807) is 40.8 Å². The summed E-state index contributed by atoms with van der Waals surface area (Å²) in [4.78, 5) is 38.3. The number of aromatic nitrogens is 2. The highest BCUT2D eigenvalue weighted by atomic mass is 32.1. The van der Waals surface area contributed by atoms with E-state index in [9.17, 15) is 18.4 Å². The van der Waals surface area contributed by atoms with E-state index in [1.807, 2.05) is 19.1 Å². The van der Waals surface area contributed by atoms with E-state index in [2.05, 4.69) is 11.6 Å². The Balaban J connectivity index is 1.28. The van der Waals surface area contributed by atoms with Gasteiger partial charge in [0.25, 0.3) is 11.8 Å². The Bertz CT molecular complexity index is 1510. The average Bonchev–Trinajstić information content (AvgIpc) is 3.38. The van der Waals surface area contributed by atoms with Gasteiger partial charge in [-0.2, -0.15) is 0 Å². The van der Waals surface area contributed by atoms with E-state index >= 15 is 0 Å². The van der Waals surface area contributed by atoms with Crippen LogP contribution in [0.5, 0.6) is 5.75 Å². The zero-order valence-electron chi connectivity index (χ0n) is 21.2. The second-order valence-electron chi connectivity index (χ2n) is 10.3. The van der Waals surface area contributed by atoms with E-state index < -0.39 is 29.6 Å². The first kappa shape index (κ1) is 25.4. The molecule has 202 valence electrons. The van der Waals surface area contributed by atoms with Crippen molar-refractivity contribution in [2.24, 2.45) is 11.3 Å². The molecule has 2 amide bonds. The minimum absolute atomic E-state index is 0.157. The first-order valence-electron chi connectivity index (χ1n) is 12.6. The van der Waals surface area contributed by atoms with Crippen LogP contribution in [0.2, 0.25) is 0 Å². The SMILES string of the molecule is C=C/C=C(\C=C/C)Oc1ccc2oc(C3CN(C(=O)c4cncs4)CC34CN(C(=O)C3CC3(F)F)C4)nc2c1. The van der Waals surface area contributed by atoms with Crippen LogP contribution in [0.4, 0.5) is 8.78 Å². The monoisotopic (exact) mass is 552 g/mol. The van der Waals surface area contributed by atoms with Crippen LogP contribution in [0.25, 0.3) is 11.1 Å². The number of hydrogen-bond donors (Lipinski definition) is 0. The molecule has 3 fully saturated rings. The maximum absolute atomic E-state index is 13.6. The number of likely N-dealkylation sites (tertiary alicyclic amines) is 2. The van der Waals surface area contributed by atoms with E-state index in [1.165, 1.54) is 22.4 Å². The predicted molar refractivity (Wildman–Crippen MR) is 141 cm³/mol. The van der Waals surface area contributed by atoms with Crippen molar-refractivity contribution in [3.8, 4) is 5.75 Å². The largest absolute Gasteiger partial charge is 0.457 e. The van der Waals surface area contributed by atoms with Gasteiger partial charge in [-0.15, -0.1) is 11.3 Å². The Morgan fingerprint density at radius 2 is 2.03 bits per heavy atom. The molecule has 39 heavy (non-hydrogen) atoms. The van der Waals surface area contributed by atoms with Gasteiger partial charge in [0.2, 0.25) is 11.8 Å². The summed E-state index contributed by atoms with van der Waals surface area (Å²) < 4.78 is 39.2. The average molecular weight is 553 g/mol. The molecule has 1 aromatic carbocycles. The van der Waals surface area contributed by atoms with Crippen molar-refractivity contribution in [3.05, 3.63) is 77.3 Å². The summed E-state index contributed by atoms with van der Waals surface area (Å²) in [5.41, 5.74) is 2.22. The molecule has 0 bridgehead atoms. The number of amides is 2. The minimum atomic E-state index is -2.92. The number of halogens is 2. The zero-order valence-corrected chi connectivity index (χ0v) is 22.0. The molecular formula is C28H26F2N4O4S. The second-order valence-corrected chi connectivity index (χ2v) is 11.2. The van der Waals surface area contributed by atoms with Crippen LogP contribution in [0.15, 0.2) is 71.0 Å². The Kier molecular flexibility index (Phi) is 6.13. The molecule has 3 aromatic rings. The maximum atomic E-state index is 13.6. The lowest BCUT2D eigenvalue weighted by Crippen LogP contribution is -2.62. The highest BCUT2D eigenvalue weighted by Gasteiger charge is 2.66. The number of hydrogen-bond acceptors (Lipinski definition) is 7. The minimum Gasteiger partial charge on any atom is -0.457 e. The van der Waals surface area contributed by atoms with Gasteiger partial charge in [-0.25, -0.2) is 13.8 Å². The number of ether oxygens (including phenoxy) is 1. The molecule has 8 nitrogen and oxygen atoms in total. The van der Waals surface area contributed by atoms with Crippen molar-refractivity contribution in [2.75, 3.05) is 26.2 Å². The highest BCUT2D eigenvalue weighted by Crippen LogP contribution is 2.54. The zero-order chi connectivity index (χ0) is 27.4. The summed E-state index contributed by atoms with van der Waals surface area (Å²) >= 11 is 1.26. The van der Waals surface area contributed by atoms with Crippen LogP contribution in [0, 0.1) is 11.3 Å². The molecule has 3 aliphatic rings. The summed E-state index contributed by atoms with van der Waals surface area (Å²) in [6.45, 7) is 6.83. The van der Waals surface area contributed by atoms with Gasteiger partial charge in [0.1, 0.15) is 27.8 Å². The smallest absolute Gasteiger partial charge is 0.265 e. The number of benzene rings is 1. The van der Waals surface area contributed by atoms with Crippen molar-refractivity contribution >= 4 is 34.3 Å². The molecule has 2 unspecified atom stereocenters. The molecule has 0 N–H and O–H groups in total. The summed E-state index contributed by atoms with van der Waals surface area (Å²) in [6.07, 6.45) is 8.19. The molecule has 0 radical (unpaired) electrons. The van der Waals surface area contributed by atoms with E-state index in [0.29, 0.717) is 46.5 Å². The number of carbonyl (C=O) groups excluding carboxylic acids is 2. The van der Waals surface area contributed by atoms with Crippen molar-refractivity contribution in [1.82, 2.24) is 19.8 Å². The number of allylic oxidation sites excluding steroid dienone is 4. The van der Waals surface area contributed by atoms with Gasteiger partial charge in [0, 0.05) is 44.1 Å². The molecule has 1 spiro atoms. The van der Waals surface area contributed by atoms with E-state index in [4.69, 9.17) is 14.1 Å². The van der Waals surface area contributed by atoms with Gasteiger partial charge >= 0.3 is 0 Å². The number of fused-ring (bicyclic) bond motifs is 1. The van der Waals surface area contributed by atoms with Crippen LogP contribution in [0.1, 0.15) is 34.8 Å². The standard InChI is InChI=1S/C28H26F2N4O4S/c1-3-5-17(6-4-2)37-18-7-8-22-21(9-18)32-24(38-22)20-12-33(26(36)23-11-31-16-39-23)13-27(20)14-34(15-27)25(35)19-10-28(19,29)30/h3-9,11,16,19-20H,1,10,12-15H2,2H3/b6-4-,17-5+. The number of alkyl halides is 2. The van der Waals surface area contributed by atoms with Crippen molar-refractivity contribution in [3.63, 3.8) is 0 Å². The first-order valence-corrected chi connectivity index (χ1v) is 13.5. The third kappa shape index (κ3) is 4.54. The van der Waals surface area contributed by atoms with Crippen molar-refractivity contribution in [2.45, 2.75) is 25.2 Å².